The van der Waals surface area contributed by atoms with Gasteiger partial charge in [0.2, 0.25) is 0 Å². The molecule has 1 aromatic rings. The molecule has 0 saturated carbocycles. The van der Waals surface area contributed by atoms with E-state index in [0.717, 1.165) is 9.21 Å². The van der Waals surface area contributed by atoms with E-state index in [1.54, 1.807) is 0 Å². The van der Waals surface area contributed by atoms with Crippen LogP contribution in [0.2, 0.25) is 4.34 Å². The van der Waals surface area contributed by atoms with Crippen molar-refractivity contribution in [2.75, 3.05) is 6.61 Å². The summed E-state index contributed by atoms with van der Waals surface area (Å²) in [5, 5.41) is 8.76. The summed E-state index contributed by atoms with van der Waals surface area (Å²) < 4.78 is 0.736. The van der Waals surface area contributed by atoms with Crippen LogP contribution in [0.1, 0.15) is 18.2 Å². The predicted octanol–water partition coefficient (Wildman–Crippen LogP) is 1.96. The normalized spacial score (nSPS) is 16.0. The van der Waals surface area contributed by atoms with Crippen molar-refractivity contribution in [2.45, 2.75) is 18.9 Å². The first-order valence-corrected chi connectivity index (χ1v) is 4.91. The highest BCUT2D eigenvalue weighted by Crippen LogP contribution is 2.30. The highest BCUT2D eigenvalue weighted by atomic mass is 35.5. The molecule has 68 valence electrons. The lowest BCUT2D eigenvalue weighted by molar-refractivity contribution is 0.249. The molecule has 3 N–H and O–H groups in total. The topological polar surface area (TPSA) is 46.2 Å². The van der Waals surface area contributed by atoms with E-state index in [-0.39, 0.29) is 6.61 Å². The predicted molar refractivity (Wildman–Crippen MR) is 52.6 cm³/mol. The molecule has 2 nitrogen and oxygen atoms in total. The zero-order valence-corrected chi connectivity index (χ0v) is 8.45. The maximum absolute atomic E-state index is 8.76. The molecule has 4 heteroatoms. The molecular weight excluding hydrogens is 194 g/mol. The van der Waals surface area contributed by atoms with Crippen molar-refractivity contribution in [3.05, 3.63) is 21.3 Å². The highest BCUT2D eigenvalue weighted by Gasteiger charge is 2.21. The van der Waals surface area contributed by atoms with Crippen LogP contribution in [0, 0.1) is 0 Å². The Morgan fingerprint density at radius 2 is 2.33 bits per heavy atom. The number of nitrogens with two attached hydrogens (primary N) is 1. The zero-order chi connectivity index (χ0) is 9.19. The fraction of sp³-hybridized carbons (Fsp3) is 0.500. The minimum Gasteiger partial charge on any atom is -0.396 e. The number of halogens is 1. The first kappa shape index (κ1) is 9.99. The standard InChI is InChI=1S/C8H12ClNOS/c1-8(10,4-5-11)6-2-3-7(9)12-6/h2-3,11H,4-5,10H2,1H3/t8-/m1/s1. The summed E-state index contributed by atoms with van der Waals surface area (Å²) in [5.41, 5.74) is 5.50. The molecule has 0 amide bonds. The Balaban J connectivity index is 2.81. The van der Waals surface area contributed by atoms with Gasteiger partial charge in [-0.05, 0) is 25.5 Å². The average Bonchev–Trinajstić information content (AvgIpc) is 2.36. The molecule has 0 fully saturated rings. The molecule has 0 aliphatic heterocycles. The molecule has 1 rings (SSSR count). The van der Waals surface area contributed by atoms with Gasteiger partial charge in [0.05, 0.1) is 4.34 Å². The van der Waals surface area contributed by atoms with Crippen LogP contribution in [0.4, 0.5) is 0 Å². The lowest BCUT2D eigenvalue weighted by atomic mass is 9.98. The third kappa shape index (κ3) is 2.20. The molecule has 0 aromatic carbocycles. The number of aliphatic hydroxyl groups is 1. The van der Waals surface area contributed by atoms with Crippen LogP contribution in [0.3, 0.4) is 0 Å². The Kier molecular flexibility index (Phi) is 3.12. The van der Waals surface area contributed by atoms with E-state index >= 15 is 0 Å². The Hall–Kier alpha value is -0.0900. The van der Waals surface area contributed by atoms with Crippen LogP contribution in [0.15, 0.2) is 12.1 Å². The Bertz CT molecular complexity index is 259. The van der Waals surface area contributed by atoms with Crippen LogP contribution in [0.25, 0.3) is 0 Å². The van der Waals surface area contributed by atoms with Crippen molar-refractivity contribution in [3.63, 3.8) is 0 Å². The zero-order valence-electron chi connectivity index (χ0n) is 6.88. The van der Waals surface area contributed by atoms with Gasteiger partial charge in [-0.25, -0.2) is 0 Å². The molecule has 1 heterocycles. The molecule has 1 atom stereocenters. The van der Waals surface area contributed by atoms with E-state index in [4.69, 9.17) is 22.4 Å². The Morgan fingerprint density at radius 3 is 2.75 bits per heavy atom. The molecule has 0 bridgehead atoms. The number of hydrogen-bond acceptors (Lipinski definition) is 3. The van der Waals surface area contributed by atoms with Gasteiger partial charge in [-0.3, -0.25) is 0 Å². The third-order valence-corrected chi connectivity index (χ3v) is 3.28. The van der Waals surface area contributed by atoms with Crippen LogP contribution in [-0.4, -0.2) is 11.7 Å². The first-order chi connectivity index (χ1) is 5.56. The van der Waals surface area contributed by atoms with Gasteiger partial charge < -0.3 is 10.8 Å². The van der Waals surface area contributed by atoms with Crippen molar-refractivity contribution in [1.29, 1.82) is 0 Å². The molecule has 0 aliphatic rings. The van der Waals surface area contributed by atoms with E-state index < -0.39 is 5.54 Å². The van der Waals surface area contributed by atoms with Gasteiger partial charge in [-0.15, -0.1) is 11.3 Å². The van der Waals surface area contributed by atoms with Crippen LogP contribution < -0.4 is 5.73 Å². The smallest absolute Gasteiger partial charge is 0.0931 e. The summed E-state index contributed by atoms with van der Waals surface area (Å²) in [5.74, 6) is 0. The lowest BCUT2D eigenvalue weighted by Gasteiger charge is -2.21. The first-order valence-electron chi connectivity index (χ1n) is 3.72. The van der Waals surface area contributed by atoms with Gasteiger partial charge in [0.1, 0.15) is 0 Å². The summed E-state index contributed by atoms with van der Waals surface area (Å²) in [7, 11) is 0. The number of rotatable bonds is 3. The van der Waals surface area contributed by atoms with E-state index in [2.05, 4.69) is 0 Å². The fourth-order valence-electron chi connectivity index (χ4n) is 0.977. The number of thiophene rings is 1. The molecule has 0 saturated heterocycles. The summed E-state index contributed by atoms with van der Waals surface area (Å²) in [6, 6.07) is 3.73. The molecule has 0 aliphatic carbocycles. The second kappa shape index (κ2) is 3.75. The van der Waals surface area contributed by atoms with Crippen molar-refractivity contribution in [3.8, 4) is 0 Å². The van der Waals surface area contributed by atoms with Crippen molar-refractivity contribution >= 4 is 22.9 Å². The van der Waals surface area contributed by atoms with Gasteiger partial charge in [0.25, 0.3) is 0 Å². The summed E-state index contributed by atoms with van der Waals surface area (Å²) in [4.78, 5) is 1.02. The monoisotopic (exact) mass is 205 g/mol. The summed E-state index contributed by atoms with van der Waals surface area (Å²) >= 11 is 7.23. The van der Waals surface area contributed by atoms with Crippen molar-refractivity contribution in [1.82, 2.24) is 0 Å². The van der Waals surface area contributed by atoms with Crippen LogP contribution in [0.5, 0.6) is 0 Å². The van der Waals surface area contributed by atoms with Gasteiger partial charge >= 0.3 is 0 Å². The van der Waals surface area contributed by atoms with Gasteiger partial charge in [-0.1, -0.05) is 11.6 Å². The van der Waals surface area contributed by atoms with Crippen molar-refractivity contribution in [2.24, 2.45) is 5.73 Å². The fourth-order valence-corrected chi connectivity index (χ4v) is 2.11. The maximum Gasteiger partial charge on any atom is 0.0931 e. The van der Waals surface area contributed by atoms with Crippen molar-refractivity contribution < 1.29 is 5.11 Å². The highest BCUT2D eigenvalue weighted by molar-refractivity contribution is 7.16. The van der Waals surface area contributed by atoms with Gasteiger partial charge in [0, 0.05) is 17.0 Å². The molecule has 12 heavy (non-hydrogen) atoms. The van der Waals surface area contributed by atoms with E-state index in [0.29, 0.717) is 6.42 Å². The second-order valence-corrected chi connectivity index (χ2v) is 4.71. The second-order valence-electron chi connectivity index (χ2n) is 2.99. The number of aliphatic hydroxyl groups excluding tert-OH is 1. The quantitative estimate of drug-likeness (QED) is 0.793. The third-order valence-electron chi connectivity index (χ3n) is 1.77. The van der Waals surface area contributed by atoms with E-state index in [1.165, 1.54) is 11.3 Å². The largest absolute Gasteiger partial charge is 0.396 e. The minimum atomic E-state index is -0.452. The number of hydrogen-bond donors (Lipinski definition) is 2. The summed E-state index contributed by atoms with van der Waals surface area (Å²) in [6.07, 6.45) is 0.559. The minimum absolute atomic E-state index is 0.0997. The Morgan fingerprint density at radius 1 is 1.67 bits per heavy atom. The maximum atomic E-state index is 8.76. The van der Waals surface area contributed by atoms with Crippen LogP contribution >= 0.6 is 22.9 Å². The SMILES string of the molecule is C[C@@](N)(CCO)c1ccc(Cl)s1. The van der Waals surface area contributed by atoms with E-state index in [9.17, 15) is 0 Å². The molecular formula is C8H12ClNOS. The average molecular weight is 206 g/mol. The lowest BCUT2D eigenvalue weighted by Crippen LogP contribution is -2.32. The molecule has 0 radical (unpaired) electrons. The van der Waals surface area contributed by atoms with Gasteiger partial charge in [-0.2, -0.15) is 0 Å². The summed E-state index contributed by atoms with van der Waals surface area (Å²) in [6.45, 7) is 1.99. The van der Waals surface area contributed by atoms with Crippen LogP contribution in [-0.2, 0) is 5.54 Å². The van der Waals surface area contributed by atoms with E-state index in [1.807, 2.05) is 19.1 Å². The Labute approximate surface area is 81.0 Å². The molecule has 0 unspecified atom stereocenters. The molecule has 0 spiro atoms. The molecule has 1 aromatic heterocycles. The van der Waals surface area contributed by atoms with Gasteiger partial charge in [0.15, 0.2) is 0 Å².